The highest BCUT2D eigenvalue weighted by atomic mass is 32.1. The predicted molar refractivity (Wildman–Crippen MR) is 96.4 cm³/mol. The first kappa shape index (κ1) is 16.8. The number of amides is 1. The number of anilines is 1. The van der Waals surface area contributed by atoms with E-state index in [0.717, 1.165) is 23.0 Å². The molecule has 0 aromatic carbocycles. The zero-order chi connectivity index (χ0) is 16.8. The number of nitrogens with one attached hydrogen (secondary N) is 2. The average molecular weight is 345 g/mol. The number of allylic oxidation sites excluding steroid dienone is 1. The number of hydrogen-bond acceptors (Lipinski definition) is 5. The number of hydrogen-bond donors (Lipinski definition) is 2. The van der Waals surface area contributed by atoms with E-state index < -0.39 is 0 Å². The highest BCUT2D eigenvalue weighted by Gasteiger charge is 2.15. The number of furan rings is 1. The van der Waals surface area contributed by atoms with Crippen LogP contribution in [-0.4, -0.2) is 17.4 Å². The van der Waals surface area contributed by atoms with E-state index in [-0.39, 0.29) is 5.91 Å². The molecule has 0 saturated carbocycles. The molecular weight excluding hydrogens is 322 g/mol. The molecule has 0 unspecified atom stereocenters. The zero-order valence-electron chi connectivity index (χ0n) is 13.9. The minimum Gasteiger partial charge on any atom is -0.467 e. The largest absolute Gasteiger partial charge is 0.467 e. The van der Waals surface area contributed by atoms with Gasteiger partial charge in [-0.3, -0.25) is 4.79 Å². The van der Waals surface area contributed by atoms with Crippen molar-refractivity contribution in [3.05, 3.63) is 46.4 Å². The van der Waals surface area contributed by atoms with E-state index in [0.29, 0.717) is 18.0 Å². The van der Waals surface area contributed by atoms with Crippen molar-refractivity contribution in [2.45, 2.75) is 45.6 Å². The van der Waals surface area contributed by atoms with Crippen molar-refractivity contribution in [1.29, 1.82) is 0 Å². The summed E-state index contributed by atoms with van der Waals surface area (Å²) < 4.78 is 5.28. The molecule has 0 radical (unpaired) electrons. The summed E-state index contributed by atoms with van der Waals surface area (Å²) in [6, 6.07) is 3.76. The fourth-order valence-electron chi connectivity index (χ4n) is 2.81. The van der Waals surface area contributed by atoms with Crippen LogP contribution in [0.15, 0.2) is 34.5 Å². The fourth-order valence-corrected chi connectivity index (χ4v) is 3.69. The Balaban J connectivity index is 1.49. The number of aryl methyl sites for hydroxylation is 1. The lowest BCUT2D eigenvalue weighted by atomic mass is 9.97. The Morgan fingerprint density at radius 3 is 3.08 bits per heavy atom. The van der Waals surface area contributed by atoms with E-state index in [4.69, 9.17) is 4.42 Å². The maximum Gasteiger partial charge on any atom is 0.263 e. The second-order valence-electron chi connectivity index (χ2n) is 5.98. The first-order valence-corrected chi connectivity index (χ1v) is 9.24. The Kier molecular flexibility index (Phi) is 5.69. The first-order valence-electron chi connectivity index (χ1n) is 8.42. The van der Waals surface area contributed by atoms with E-state index in [1.807, 2.05) is 19.1 Å². The molecule has 2 N–H and O–H groups in total. The van der Waals surface area contributed by atoms with Crippen LogP contribution in [-0.2, 0) is 6.54 Å². The van der Waals surface area contributed by atoms with Gasteiger partial charge in [-0.25, -0.2) is 4.98 Å². The molecule has 3 rings (SSSR count). The molecule has 2 aromatic heterocycles. The van der Waals surface area contributed by atoms with Crippen LogP contribution < -0.4 is 10.6 Å². The maximum atomic E-state index is 12.3. The Hall–Kier alpha value is -2.08. The average Bonchev–Trinajstić information content (AvgIpc) is 3.23. The van der Waals surface area contributed by atoms with Gasteiger partial charge in [-0.2, -0.15) is 0 Å². The van der Waals surface area contributed by atoms with Crippen LogP contribution in [0.1, 0.15) is 53.2 Å². The molecular formula is C18H23N3O2S. The van der Waals surface area contributed by atoms with Crippen molar-refractivity contribution in [1.82, 2.24) is 10.3 Å². The minimum atomic E-state index is -0.0348. The lowest BCUT2D eigenvalue weighted by Gasteiger charge is -2.12. The molecule has 1 aliphatic rings. The summed E-state index contributed by atoms with van der Waals surface area (Å²) in [7, 11) is 0. The molecule has 0 bridgehead atoms. The fraction of sp³-hybridized carbons (Fsp3) is 0.444. The van der Waals surface area contributed by atoms with Crippen molar-refractivity contribution in [2.24, 2.45) is 0 Å². The van der Waals surface area contributed by atoms with Crippen LogP contribution in [0, 0.1) is 6.92 Å². The summed E-state index contributed by atoms with van der Waals surface area (Å²) in [6.45, 7) is 3.12. The molecule has 0 fully saturated rings. The predicted octanol–water partition coefficient (Wildman–Crippen LogP) is 4.28. The second-order valence-corrected chi connectivity index (χ2v) is 6.98. The Morgan fingerprint density at radius 2 is 2.33 bits per heavy atom. The van der Waals surface area contributed by atoms with Gasteiger partial charge in [-0.15, -0.1) is 0 Å². The number of aromatic nitrogens is 1. The summed E-state index contributed by atoms with van der Waals surface area (Å²) in [5.41, 5.74) is 2.24. The molecule has 5 nitrogen and oxygen atoms in total. The molecule has 1 aliphatic carbocycles. The van der Waals surface area contributed by atoms with Crippen LogP contribution in [0.5, 0.6) is 0 Å². The normalized spacial score (nSPS) is 14.3. The third-order valence-electron chi connectivity index (χ3n) is 4.11. The van der Waals surface area contributed by atoms with Gasteiger partial charge in [0.05, 0.1) is 18.5 Å². The van der Waals surface area contributed by atoms with Crippen molar-refractivity contribution >= 4 is 22.4 Å². The van der Waals surface area contributed by atoms with Crippen molar-refractivity contribution < 1.29 is 9.21 Å². The third-order valence-corrected chi connectivity index (χ3v) is 5.23. The maximum absolute atomic E-state index is 12.3. The molecule has 128 valence electrons. The first-order chi connectivity index (χ1) is 11.7. The minimum absolute atomic E-state index is 0.0348. The Bertz CT molecular complexity index is 704. The Labute approximate surface area is 146 Å². The standard InChI is InChI=1S/C18H23N3O2S/c1-13-16(17(22)19-10-9-14-6-3-2-4-7-14)24-18(21-13)20-12-15-8-5-11-23-15/h5-6,8,11H,2-4,7,9-10,12H2,1H3,(H,19,22)(H,20,21). The van der Waals surface area contributed by atoms with Gasteiger partial charge in [0.25, 0.3) is 5.91 Å². The van der Waals surface area contributed by atoms with Gasteiger partial charge in [0.2, 0.25) is 0 Å². The molecule has 24 heavy (non-hydrogen) atoms. The van der Waals surface area contributed by atoms with Crippen molar-refractivity contribution in [2.75, 3.05) is 11.9 Å². The molecule has 0 aliphatic heterocycles. The van der Waals surface area contributed by atoms with Crippen LogP contribution in [0.2, 0.25) is 0 Å². The lowest BCUT2D eigenvalue weighted by molar-refractivity contribution is 0.0957. The van der Waals surface area contributed by atoms with Gasteiger partial charge in [0, 0.05) is 6.54 Å². The monoisotopic (exact) mass is 345 g/mol. The SMILES string of the molecule is Cc1nc(NCc2ccco2)sc1C(=O)NCCC1=CCCCC1. The van der Waals surface area contributed by atoms with Crippen LogP contribution >= 0.6 is 11.3 Å². The number of nitrogens with zero attached hydrogens (tertiary/aromatic N) is 1. The molecule has 2 heterocycles. The van der Waals surface area contributed by atoms with E-state index in [1.54, 1.807) is 6.26 Å². The van der Waals surface area contributed by atoms with Gasteiger partial charge < -0.3 is 15.1 Å². The number of rotatable bonds is 7. The summed E-state index contributed by atoms with van der Waals surface area (Å²) in [4.78, 5) is 17.4. The Morgan fingerprint density at radius 1 is 1.42 bits per heavy atom. The van der Waals surface area contributed by atoms with Gasteiger partial charge in [0.15, 0.2) is 5.13 Å². The summed E-state index contributed by atoms with van der Waals surface area (Å²) >= 11 is 1.38. The van der Waals surface area contributed by atoms with Crippen LogP contribution in [0.25, 0.3) is 0 Å². The zero-order valence-corrected chi connectivity index (χ0v) is 14.7. The highest BCUT2D eigenvalue weighted by molar-refractivity contribution is 7.17. The highest BCUT2D eigenvalue weighted by Crippen LogP contribution is 2.23. The summed E-state index contributed by atoms with van der Waals surface area (Å²) in [6.07, 6.45) is 9.85. The molecule has 2 aromatic rings. The third kappa shape index (κ3) is 4.47. The van der Waals surface area contributed by atoms with E-state index in [2.05, 4.69) is 21.7 Å². The van der Waals surface area contributed by atoms with Crippen LogP contribution in [0.3, 0.4) is 0 Å². The van der Waals surface area contributed by atoms with E-state index >= 15 is 0 Å². The summed E-state index contributed by atoms with van der Waals surface area (Å²) in [5, 5.41) is 6.95. The second kappa shape index (κ2) is 8.15. The topological polar surface area (TPSA) is 67.2 Å². The quantitative estimate of drug-likeness (QED) is 0.735. The van der Waals surface area contributed by atoms with Gasteiger partial charge in [0.1, 0.15) is 10.6 Å². The molecule has 0 spiro atoms. The molecule has 0 atom stereocenters. The lowest BCUT2D eigenvalue weighted by Crippen LogP contribution is -2.24. The number of carbonyl (C=O) groups excluding carboxylic acids is 1. The molecule has 1 amide bonds. The van der Waals surface area contributed by atoms with Crippen molar-refractivity contribution in [3.8, 4) is 0 Å². The number of thiazole rings is 1. The van der Waals surface area contributed by atoms with Crippen LogP contribution in [0.4, 0.5) is 5.13 Å². The summed E-state index contributed by atoms with van der Waals surface area (Å²) in [5.74, 6) is 0.807. The van der Waals surface area contributed by atoms with Crippen molar-refractivity contribution in [3.63, 3.8) is 0 Å². The van der Waals surface area contributed by atoms with E-state index in [9.17, 15) is 4.79 Å². The smallest absolute Gasteiger partial charge is 0.263 e. The van der Waals surface area contributed by atoms with Gasteiger partial charge >= 0.3 is 0 Å². The number of carbonyl (C=O) groups is 1. The molecule has 0 saturated heterocycles. The van der Waals surface area contributed by atoms with Gasteiger partial charge in [-0.05, 0) is 51.2 Å². The van der Waals surface area contributed by atoms with E-state index in [1.165, 1.54) is 42.6 Å². The van der Waals surface area contributed by atoms with Gasteiger partial charge in [-0.1, -0.05) is 23.0 Å². The molecule has 6 heteroatoms.